The normalized spacial score (nSPS) is 36.6. The summed E-state index contributed by atoms with van der Waals surface area (Å²) in [6.07, 6.45) is 11.6. The number of Topliss-reactive ketones (excluding diaryl/α,β-unsaturated/α-hetero) is 1. The van der Waals surface area contributed by atoms with Gasteiger partial charge in [-0.05, 0) is 141 Å². The summed E-state index contributed by atoms with van der Waals surface area (Å²) in [5.41, 5.74) is 1.39. The number of halogens is 1. The molecule has 0 bridgehead atoms. The number of allylic oxidation sites excluding steroid dienone is 3. The molecular formula is C46H64ClNO6. The molecule has 8 heteroatoms. The molecule has 296 valence electrons. The molecule has 4 saturated carbocycles. The van der Waals surface area contributed by atoms with Crippen LogP contribution in [0.2, 0.25) is 5.02 Å². The van der Waals surface area contributed by atoms with Crippen LogP contribution in [-0.4, -0.2) is 34.8 Å². The molecule has 0 heterocycles. The molecule has 1 aromatic rings. The van der Waals surface area contributed by atoms with E-state index in [2.05, 4.69) is 59.9 Å². The highest BCUT2D eigenvalue weighted by Gasteiger charge is 2.70. The predicted octanol–water partition coefficient (Wildman–Crippen LogP) is 10.5. The van der Waals surface area contributed by atoms with Gasteiger partial charge in [-0.25, -0.2) is 0 Å². The van der Waals surface area contributed by atoms with E-state index in [4.69, 9.17) is 16.3 Å². The molecule has 0 spiro atoms. The lowest BCUT2D eigenvalue weighted by atomic mass is 9.33. The van der Waals surface area contributed by atoms with E-state index in [0.717, 1.165) is 62.5 Å². The number of benzene rings is 1. The molecular weight excluding hydrogens is 698 g/mol. The van der Waals surface area contributed by atoms with E-state index >= 15 is 0 Å². The van der Waals surface area contributed by atoms with Crippen LogP contribution in [0.5, 0.6) is 0 Å². The smallest absolute Gasteiger partial charge is 0.309 e. The molecule has 5 aliphatic rings. The third kappa shape index (κ3) is 6.40. The predicted molar refractivity (Wildman–Crippen MR) is 212 cm³/mol. The van der Waals surface area contributed by atoms with Crippen molar-refractivity contribution in [2.75, 3.05) is 0 Å². The van der Waals surface area contributed by atoms with Crippen molar-refractivity contribution in [3.05, 3.63) is 58.1 Å². The molecule has 7 nitrogen and oxygen atoms in total. The van der Waals surface area contributed by atoms with Crippen LogP contribution in [-0.2, 0) is 23.9 Å². The summed E-state index contributed by atoms with van der Waals surface area (Å²) < 4.78 is 6.16. The molecule has 1 amide bonds. The van der Waals surface area contributed by atoms with Gasteiger partial charge in [0.25, 0.3) is 0 Å². The van der Waals surface area contributed by atoms with E-state index in [9.17, 15) is 24.3 Å². The second-order valence-electron chi connectivity index (χ2n) is 20.1. The van der Waals surface area contributed by atoms with Gasteiger partial charge in [0, 0.05) is 22.3 Å². The van der Waals surface area contributed by atoms with Gasteiger partial charge < -0.3 is 15.2 Å². The van der Waals surface area contributed by atoms with Crippen molar-refractivity contribution in [3.8, 4) is 0 Å². The van der Waals surface area contributed by atoms with E-state index < -0.39 is 22.8 Å². The molecule has 6 rings (SSSR count). The Balaban J connectivity index is 1.27. The number of carboxylic acids is 1. The average molecular weight is 762 g/mol. The molecule has 9 atom stereocenters. The number of amides is 1. The molecule has 54 heavy (non-hydrogen) atoms. The van der Waals surface area contributed by atoms with Gasteiger partial charge in [-0.1, -0.05) is 84.3 Å². The SMILES string of the molecule is CC(C)C1=C2[C@H]3CC[C@@H]4[C@@]5(C)CC[C@H](OC(=O)CC(C)(C)C(=O)O)C(C)(C)[C@@H]5CC[C@@]4(C)[C@]3(C)CC[C@@]2(/C=C/C(=O)N[C@H](C)c2ccccc2Cl)CC1=O. The van der Waals surface area contributed by atoms with Gasteiger partial charge in [0.1, 0.15) is 6.10 Å². The van der Waals surface area contributed by atoms with E-state index in [0.29, 0.717) is 23.3 Å². The topological polar surface area (TPSA) is 110 Å². The summed E-state index contributed by atoms with van der Waals surface area (Å²) in [6, 6.07) is 7.32. The number of hydrogen-bond acceptors (Lipinski definition) is 5. The maximum atomic E-state index is 14.0. The summed E-state index contributed by atoms with van der Waals surface area (Å²) in [5, 5.41) is 13.3. The first-order chi connectivity index (χ1) is 25.0. The lowest BCUT2D eigenvalue weighted by Crippen LogP contribution is -2.65. The molecule has 4 fully saturated rings. The lowest BCUT2D eigenvalue weighted by Gasteiger charge is -2.72. The van der Waals surface area contributed by atoms with Crippen molar-refractivity contribution >= 4 is 35.2 Å². The zero-order chi connectivity index (χ0) is 39.8. The Morgan fingerprint density at radius 2 is 1.63 bits per heavy atom. The Labute approximate surface area is 328 Å². The fraction of sp³-hybridized carbons (Fsp3) is 0.696. The molecule has 5 aliphatic carbocycles. The van der Waals surface area contributed by atoms with Gasteiger partial charge in [0.15, 0.2) is 5.78 Å². The first-order valence-electron chi connectivity index (χ1n) is 20.5. The standard InChI is InChI=1S/C46H64ClNO6/c1-27(2)38-32(49)25-46(22-19-36(50)48-28(3)29-13-11-12-14-31(29)47)24-23-44(9)30(39(38)46)15-16-34-43(8)20-18-35(54-37(51)26-41(4,5)40(52)53)42(6,7)33(43)17-21-45(34,44)10/h11-14,19,22,27-28,30,33-35H,15-18,20-21,23-26H2,1-10H3,(H,48,50)(H,52,53)/b22-19+/t28-,30-,33+,34-,35+,43+,44-,45-,46+/m1/s1. The van der Waals surface area contributed by atoms with Crippen LogP contribution in [0.3, 0.4) is 0 Å². The highest BCUT2D eigenvalue weighted by atomic mass is 35.5. The number of carbonyl (C=O) groups excluding carboxylic acids is 3. The van der Waals surface area contributed by atoms with Crippen molar-refractivity contribution in [3.63, 3.8) is 0 Å². The first-order valence-corrected chi connectivity index (χ1v) is 20.9. The van der Waals surface area contributed by atoms with Crippen LogP contribution >= 0.6 is 11.6 Å². The largest absolute Gasteiger partial charge is 0.481 e. The van der Waals surface area contributed by atoms with Crippen LogP contribution in [0.1, 0.15) is 145 Å². The number of carboxylic acid groups (broad SMARTS) is 1. The fourth-order valence-corrected chi connectivity index (χ4v) is 13.4. The molecule has 0 saturated heterocycles. The maximum Gasteiger partial charge on any atom is 0.309 e. The van der Waals surface area contributed by atoms with E-state index in [1.54, 1.807) is 19.9 Å². The zero-order valence-corrected chi connectivity index (χ0v) is 35.1. The summed E-state index contributed by atoms with van der Waals surface area (Å²) in [5.74, 6) is -0.151. The van der Waals surface area contributed by atoms with Crippen molar-refractivity contribution in [1.82, 2.24) is 5.32 Å². The summed E-state index contributed by atoms with van der Waals surface area (Å²) in [7, 11) is 0. The van der Waals surface area contributed by atoms with Crippen LogP contribution in [0.4, 0.5) is 0 Å². The highest BCUT2D eigenvalue weighted by molar-refractivity contribution is 6.31. The minimum absolute atomic E-state index is 0.0158. The Bertz CT molecular complexity index is 1770. The molecule has 0 aliphatic heterocycles. The first kappa shape index (κ1) is 40.7. The Morgan fingerprint density at radius 3 is 2.28 bits per heavy atom. The lowest BCUT2D eigenvalue weighted by molar-refractivity contribution is -0.232. The van der Waals surface area contributed by atoms with Crippen molar-refractivity contribution in [1.29, 1.82) is 0 Å². The second kappa shape index (κ2) is 13.9. The maximum absolute atomic E-state index is 14.0. The fourth-order valence-electron chi connectivity index (χ4n) is 13.1. The average Bonchev–Trinajstić information content (AvgIpc) is 3.37. The van der Waals surface area contributed by atoms with Gasteiger partial charge in [-0.2, -0.15) is 0 Å². The van der Waals surface area contributed by atoms with Gasteiger partial charge in [-0.3, -0.25) is 19.2 Å². The summed E-state index contributed by atoms with van der Waals surface area (Å²) in [4.78, 5) is 52.3. The number of carbonyl (C=O) groups is 4. The molecule has 2 N–H and O–H groups in total. The second-order valence-corrected chi connectivity index (χ2v) is 20.5. The Kier molecular flexibility index (Phi) is 10.5. The number of rotatable bonds is 9. The third-order valence-electron chi connectivity index (χ3n) is 16.1. The van der Waals surface area contributed by atoms with E-state index in [1.807, 2.05) is 31.2 Å². The number of ketones is 1. The zero-order valence-electron chi connectivity index (χ0n) is 34.4. The number of nitrogens with one attached hydrogen (secondary N) is 1. The monoisotopic (exact) mass is 761 g/mol. The number of esters is 1. The Hall–Kier alpha value is -2.93. The molecule has 0 radical (unpaired) electrons. The minimum Gasteiger partial charge on any atom is -0.481 e. The molecule has 0 unspecified atom stereocenters. The summed E-state index contributed by atoms with van der Waals surface area (Å²) in [6.45, 7) is 21.5. The third-order valence-corrected chi connectivity index (χ3v) is 16.5. The van der Waals surface area contributed by atoms with Gasteiger partial charge in [0.05, 0.1) is 17.9 Å². The van der Waals surface area contributed by atoms with Crippen molar-refractivity contribution < 1.29 is 29.0 Å². The number of aliphatic carboxylic acids is 1. The van der Waals surface area contributed by atoms with Gasteiger partial charge in [0.2, 0.25) is 5.91 Å². The van der Waals surface area contributed by atoms with E-state index in [1.165, 1.54) is 5.57 Å². The number of ether oxygens (including phenoxy) is 1. The number of hydrogen-bond donors (Lipinski definition) is 2. The van der Waals surface area contributed by atoms with Gasteiger partial charge in [-0.15, -0.1) is 0 Å². The minimum atomic E-state index is -1.17. The number of fused-ring (bicyclic) bond motifs is 7. The molecule has 0 aromatic heterocycles. The van der Waals surface area contributed by atoms with E-state index in [-0.39, 0.29) is 63.8 Å². The summed E-state index contributed by atoms with van der Waals surface area (Å²) >= 11 is 6.44. The van der Waals surface area contributed by atoms with Crippen LogP contribution < -0.4 is 5.32 Å². The van der Waals surface area contributed by atoms with Crippen molar-refractivity contribution in [2.24, 2.45) is 56.2 Å². The van der Waals surface area contributed by atoms with Crippen LogP contribution in [0.25, 0.3) is 0 Å². The highest BCUT2D eigenvalue weighted by Crippen LogP contribution is 2.77. The Morgan fingerprint density at radius 1 is 0.944 bits per heavy atom. The van der Waals surface area contributed by atoms with Crippen LogP contribution in [0, 0.1) is 56.2 Å². The quantitative estimate of drug-likeness (QED) is 0.192. The van der Waals surface area contributed by atoms with Crippen molar-refractivity contribution in [2.45, 2.75) is 146 Å². The van der Waals surface area contributed by atoms with Crippen LogP contribution in [0.15, 0.2) is 47.6 Å². The molecule has 1 aromatic carbocycles. The van der Waals surface area contributed by atoms with Gasteiger partial charge >= 0.3 is 11.9 Å².